The standard InChI is InChI=1S/C19H22ClN3O2S/c1-13-16(20)7-2-8-17(13)22-18(24)14-5-3-9-23(12-14)19(25)21-11-15-6-4-10-26-15/h2,4,6-8,10,14H,3,5,9,11-12H2,1H3,(H,21,25)(H,22,24). The van der Waals surface area contributed by atoms with E-state index in [1.54, 1.807) is 22.3 Å². The predicted octanol–water partition coefficient (Wildman–Crippen LogP) is 4.27. The van der Waals surface area contributed by atoms with Crippen LogP contribution in [0.25, 0.3) is 0 Å². The van der Waals surface area contributed by atoms with Crippen molar-refractivity contribution < 1.29 is 9.59 Å². The first-order chi connectivity index (χ1) is 12.5. The fourth-order valence-electron chi connectivity index (χ4n) is 3.04. The summed E-state index contributed by atoms with van der Waals surface area (Å²) in [5, 5.41) is 8.50. The first kappa shape index (κ1) is 18.7. The molecule has 7 heteroatoms. The number of rotatable bonds is 4. The molecule has 26 heavy (non-hydrogen) atoms. The molecular weight excluding hydrogens is 370 g/mol. The van der Waals surface area contributed by atoms with Crippen molar-refractivity contribution in [2.45, 2.75) is 26.3 Å². The zero-order chi connectivity index (χ0) is 18.5. The van der Waals surface area contributed by atoms with E-state index in [0.29, 0.717) is 24.7 Å². The zero-order valence-corrected chi connectivity index (χ0v) is 16.2. The molecular formula is C19H22ClN3O2S. The summed E-state index contributed by atoms with van der Waals surface area (Å²) >= 11 is 7.73. The number of nitrogens with one attached hydrogen (secondary N) is 2. The second kappa shape index (κ2) is 8.56. The molecule has 1 aromatic carbocycles. The molecule has 3 amide bonds. The minimum atomic E-state index is -0.213. The maximum Gasteiger partial charge on any atom is 0.317 e. The predicted molar refractivity (Wildman–Crippen MR) is 106 cm³/mol. The Bertz CT molecular complexity index is 779. The van der Waals surface area contributed by atoms with Gasteiger partial charge in [-0.15, -0.1) is 11.3 Å². The number of amides is 3. The Kier molecular flexibility index (Phi) is 6.16. The number of thiophene rings is 1. The van der Waals surface area contributed by atoms with Gasteiger partial charge in [0.05, 0.1) is 12.5 Å². The van der Waals surface area contributed by atoms with Gasteiger partial charge in [0.1, 0.15) is 0 Å². The monoisotopic (exact) mass is 391 g/mol. The lowest BCUT2D eigenvalue weighted by molar-refractivity contribution is -0.121. The summed E-state index contributed by atoms with van der Waals surface area (Å²) in [5.41, 5.74) is 1.57. The van der Waals surface area contributed by atoms with E-state index in [-0.39, 0.29) is 17.9 Å². The summed E-state index contributed by atoms with van der Waals surface area (Å²) in [5.74, 6) is -0.277. The third-order valence-electron chi connectivity index (χ3n) is 4.60. The highest BCUT2D eigenvalue weighted by Gasteiger charge is 2.28. The van der Waals surface area contributed by atoms with Gasteiger partial charge in [-0.25, -0.2) is 4.79 Å². The fraction of sp³-hybridized carbons (Fsp3) is 0.368. The van der Waals surface area contributed by atoms with E-state index in [1.807, 2.05) is 36.6 Å². The van der Waals surface area contributed by atoms with Crippen molar-refractivity contribution in [1.29, 1.82) is 0 Å². The van der Waals surface area contributed by atoms with Crippen LogP contribution in [-0.4, -0.2) is 29.9 Å². The lowest BCUT2D eigenvalue weighted by Gasteiger charge is -2.32. The highest BCUT2D eigenvalue weighted by molar-refractivity contribution is 7.09. The third kappa shape index (κ3) is 4.56. The summed E-state index contributed by atoms with van der Waals surface area (Å²) in [6.07, 6.45) is 1.60. The molecule has 2 heterocycles. The van der Waals surface area contributed by atoms with Crippen molar-refractivity contribution >= 4 is 40.6 Å². The number of benzene rings is 1. The lowest BCUT2D eigenvalue weighted by atomic mass is 9.97. The quantitative estimate of drug-likeness (QED) is 0.817. The molecule has 1 atom stereocenters. The molecule has 5 nitrogen and oxygen atoms in total. The van der Waals surface area contributed by atoms with Gasteiger partial charge in [-0.3, -0.25) is 4.79 Å². The van der Waals surface area contributed by atoms with Gasteiger partial charge in [-0.05, 0) is 48.9 Å². The second-order valence-corrected chi connectivity index (χ2v) is 7.86. The van der Waals surface area contributed by atoms with Crippen molar-refractivity contribution in [2.24, 2.45) is 5.92 Å². The van der Waals surface area contributed by atoms with Crippen LogP contribution in [0.15, 0.2) is 35.7 Å². The first-order valence-electron chi connectivity index (χ1n) is 8.65. The molecule has 0 aliphatic carbocycles. The molecule has 1 aliphatic rings. The maximum absolute atomic E-state index is 12.6. The van der Waals surface area contributed by atoms with E-state index >= 15 is 0 Å². The molecule has 0 saturated carbocycles. The SMILES string of the molecule is Cc1c(Cl)cccc1NC(=O)C1CCCN(C(=O)NCc2cccs2)C1. The van der Waals surface area contributed by atoms with Crippen LogP contribution in [0.3, 0.4) is 0 Å². The molecule has 1 saturated heterocycles. The van der Waals surface area contributed by atoms with E-state index in [1.165, 1.54) is 0 Å². The van der Waals surface area contributed by atoms with E-state index in [2.05, 4.69) is 10.6 Å². The number of hydrogen-bond donors (Lipinski definition) is 2. The van der Waals surface area contributed by atoms with Crippen LogP contribution in [0.4, 0.5) is 10.5 Å². The number of urea groups is 1. The Labute approximate surface area is 162 Å². The van der Waals surface area contributed by atoms with Crippen LogP contribution in [0.1, 0.15) is 23.3 Å². The summed E-state index contributed by atoms with van der Waals surface area (Å²) in [4.78, 5) is 27.9. The lowest BCUT2D eigenvalue weighted by Crippen LogP contribution is -2.47. The number of anilines is 1. The summed E-state index contributed by atoms with van der Waals surface area (Å²) in [6.45, 7) is 3.51. The molecule has 1 unspecified atom stereocenters. The van der Waals surface area contributed by atoms with Gasteiger partial charge in [0.2, 0.25) is 5.91 Å². The van der Waals surface area contributed by atoms with Crippen molar-refractivity contribution in [3.8, 4) is 0 Å². The Hall–Kier alpha value is -2.05. The van der Waals surface area contributed by atoms with Crippen LogP contribution >= 0.6 is 22.9 Å². The molecule has 0 bridgehead atoms. The van der Waals surface area contributed by atoms with E-state index in [4.69, 9.17) is 11.6 Å². The molecule has 2 aromatic rings. The number of halogens is 1. The highest BCUT2D eigenvalue weighted by atomic mass is 35.5. The number of hydrogen-bond acceptors (Lipinski definition) is 3. The number of likely N-dealkylation sites (tertiary alicyclic amines) is 1. The largest absolute Gasteiger partial charge is 0.333 e. The summed E-state index contributed by atoms with van der Waals surface area (Å²) < 4.78 is 0. The van der Waals surface area contributed by atoms with Gasteiger partial charge >= 0.3 is 6.03 Å². The maximum atomic E-state index is 12.6. The van der Waals surface area contributed by atoms with Gasteiger partial charge in [0.25, 0.3) is 0 Å². The molecule has 1 aromatic heterocycles. The third-order valence-corrected chi connectivity index (χ3v) is 5.88. The molecule has 138 valence electrons. The first-order valence-corrected chi connectivity index (χ1v) is 9.91. The number of carbonyl (C=O) groups is 2. The number of piperidine rings is 1. The summed E-state index contributed by atoms with van der Waals surface area (Å²) in [6, 6.07) is 9.29. The van der Waals surface area contributed by atoms with Crippen LogP contribution in [-0.2, 0) is 11.3 Å². The van der Waals surface area contributed by atoms with E-state index in [0.717, 1.165) is 29.0 Å². The molecule has 1 fully saturated rings. The number of carbonyl (C=O) groups excluding carboxylic acids is 2. The Morgan fingerprint density at radius 1 is 1.31 bits per heavy atom. The van der Waals surface area contributed by atoms with E-state index < -0.39 is 0 Å². The smallest absolute Gasteiger partial charge is 0.317 e. The molecule has 0 radical (unpaired) electrons. The molecule has 0 spiro atoms. The minimum absolute atomic E-state index is 0.0638. The average molecular weight is 392 g/mol. The Morgan fingerprint density at radius 3 is 2.92 bits per heavy atom. The normalized spacial score (nSPS) is 17.0. The minimum Gasteiger partial charge on any atom is -0.333 e. The Balaban J connectivity index is 1.56. The van der Waals surface area contributed by atoms with Crippen molar-refractivity contribution in [2.75, 3.05) is 18.4 Å². The second-order valence-electron chi connectivity index (χ2n) is 6.42. The van der Waals surface area contributed by atoms with E-state index in [9.17, 15) is 9.59 Å². The van der Waals surface area contributed by atoms with Gasteiger partial charge in [-0.1, -0.05) is 23.7 Å². The van der Waals surface area contributed by atoms with Gasteiger partial charge < -0.3 is 15.5 Å². The summed E-state index contributed by atoms with van der Waals surface area (Å²) in [7, 11) is 0. The highest BCUT2D eigenvalue weighted by Crippen LogP contribution is 2.25. The number of nitrogens with zero attached hydrogens (tertiary/aromatic N) is 1. The Morgan fingerprint density at radius 2 is 2.15 bits per heavy atom. The van der Waals surface area contributed by atoms with Crippen LogP contribution < -0.4 is 10.6 Å². The van der Waals surface area contributed by atoms with Crippen molar-refractivity contribution in [3.05, 3.63) is 51.2 Å². The molecule has 3 rings (SSSR count). The van der Waals surface area contributed by atoms with Crippen molar-refractivity contribution in [1.82, 2.24) is 10.2 Å². The van der Waals surface area contributed by atoms with Crippen LogP contribution in [0, 0.1) is 12.8 Å². The van der Waals surface area contributed by atoms with Gasteiger partial charge in [0, 0.05) is 28.7 Å². The topological polar surface area (TPSA) is 61.4 Å². The van der Waals surface area contributed by atoms with Crippen molar-refractivity contribution in [3.63, 3.8) is 0 Å². The zero-order valence-electron chi connectivity index (χ0n) is 14.6. The molecule has 2 N–H and O–H groups in total. The van der Waals surface area contributed by atoms with Gasteiger partial charge in [0.15, 0.2) is 0 Å². The van der Waals surface area contributed by atoms with Crippen LogP contribution in [0.2, 0.25) is 5.02 Å². The average Bonchev–Trinajstić information content (AvgIpc) is 3.17. The molecule has 1 aliphatic heterocycles. The van der Waals surface area contributed by atoms with Gasteiger partial charge in [-0.2, -0.15) is 0 Å². The van der Waals surface area contributed by atoms with Crippen LogP contribution in [0.5, 0.6) is 0 Å². The fourth-order valence-corrected chi connectivity index (χ4v) is 3.86.